The smallest absolute Gasteiger partial charge is 0.345 e. The van der Waals surface area contributed by atoms with Crippen molar-refractivity contribution >= 4 is 11.9 Å². The lowest BCUT2D eigenvalue weighted by atomic mass is 9.83. The van der Waals surface area contributed by atoms with Gasteiger partial charge in [0.2, 0.25) is 5.90 Å². The SMILES string of the molecule is CC(C)CC1(c2ccccc2)N=C(c2ccccc2)OC1=O. The van der Waals surface area contributed by atoms with Crippen molar-refractivity contribution in [3.05, 3.63) is 71.8 Å². The van der Waals surface area contributed by atoms with Gasteiger partial charge in [-0.1, -0.05) is 62.4 Å². The summed E-state index contributed by atoms with van der Waals surface area (Å²) in [5.41, 5.74) is 0.790. The first-order valence-electron chi connectivity index (χ1n) is 7.55. The van der Waals surface area contributed by atoms with Gasteiger partial charge in [-0.3, -0.25) is 0 Å². The molecular weight excluding hydrogens is 274 g/mol. The molecule has 3 rings (SSSR count). The average molecular weight is 293 g/mol. The van der Waals surface area contributed by atoms with Gasteiger partial charge < -0.3 is 4.74 Å². The first-order valence-corrected chi connectivity index (χ1v) is 7.55. The van der Waals surface area contributed by atoms with Crippen LogP contribution in [0.4, 0.5) is 0 Å². The number of cyclic esters (lactones) is 1. The number of carbonyl (C=O) groups is 1. The molecule has 0 amide bonds. The normalized spacial score (nSPS) is 20.9. The van der Waals surface area contributed by atoms with E-state index in [1.54, 1.807) is 0 Å². The Hall–Kier alpha value is -2.42. The quantitative estimate of drug-likeness (QED) is 0.801. The van der Waals surface area contributed by atoms with E-state index in [0.29, 0.717) is 18.2 Å². The Morgan fingerprint density at radius 1 is 1.00 bits per heavy atom. The zero-order valence-corrected chi connectivity index (χ0v) is 12.8. The van der Waals surface area contributed by atoms with Crippen LogP contribution in [-0.2, 0) is 15.1 Å². The fourth-order valence-electron chi connectivity index (χ4n) is 2.85. The molecule has 1 aliphatic heterocycles. The predicted octanol–water partition coefficient (Wildman–Crippen LogP) is 3.93. The number of ether oxygens (including phenoxy) is 1. The monoisotopic (exact) mass is 293 g/mol. The zero-order chi connectivity index (χ0) is 15.6. The molecule has 112 valence electrons. The molecule has 0 saturated heterocycles. The molecule has 0 radical (unpaired) electrons. The molecule has 0 aliphatic carbocycles. The Morgan fingerprint density at radius 3 is 2.18 bits per heavy atom. The molecule has 0 saturated carbocycles. The van der Waals surface area contributed by atoms with Gasteiger partial charge in [-0.2, -0.15) is 0 Å². The Bertz CT molecular complexity index is 692. The Kier molecular flexibility index (Phi) is 3.80. The summed E-state index contributed by atoms with van der Waals surface area (Å²) in [5.74, 6) is 0.452. The third-order valence-corrected chi connectivity index (χ3v) is 3.80. The molecule has 22 heavy (non-hydrogen) atoms. The number of hydrogen-bond acceptors (Lipinski definition) is 3. The zero-order valence-electron chi connectivity index (χ0n) is 12.8. The molecule has 0 N–H and O–H groups in total. The molecule has 0 bridgehead atoms. The summed E-state index contributed by atoms with van der Waals surface area (Å²) in [4.78, 5) is 17.4. The van der Waals surface area contributed by atoms with Crippen LogP contribution < -0.4 is 0 Å². The Labute approximate surface area is 130 Å². The van der Waals surface area contributed by atoms with E-state index < -0.39 is 5.54 Å². The molecule has 1 unspecified atom stereocenters. The maximum Gasteiger partial charge on any atom is 0.345 e. The molecule has 2 aromatic rings. The van der Waals surface area contributed by atoms with E-state index in [1.165, 1.54) is 0 Å². The topological polar surface area (TPSA) is 38.7 Å². The standard InChI is InChI=1S/C19H19NO2/c1-14(2)13-19(16-11-7-4-8-12-16)18(21)22-17(20-19)15-9-5-3-6-10-15/h3-12,14H,13H2,1-2H3. The predicted molar refractivity (Wildman–Crippen MR) is 86.6 cm³/mol. The number of hydrogen-bond donors (Lipinski definition) is 0. The van der Waals surface area contributed by atoms with Crippen LogP contribution in [0.1, 0.15) is 31.4 Å². The third kappa shape index (κ3) is 2.54. The van der Waals surface area contributed by atoms with Crippen LogP contribution in [-0.4, -0.2) is 11.9 Å². The molecule has 0 aromatic heterocycles. The number of carbonyl (C=O) groups excluding carboxylic acids is 1. The molecule has 3 heteroatoms. The molecule has 1 aliphatic rings. The summed E-state index contributed by atoms with van der Waals surface area (Å²) >= 11 is 0. The minimum atomic E-state index is -0.930. The average Bonchev–Trinajstić information content (AvgIpc) is 2.86. The summed E-state index contributed by atoms with van der Waals surface area (Å²) < 4.78 is 5.53. The van der Waals surface area contributed by atoms with E-state index in [-0.39, 0.29) is 5.97 Å². The number of esters is 1. The molecular formula is C19H19NO2. The van der Waals surface area contributed by atoms with Gasteiger partial charge in [0.15, 0.2) is 5.54 Å². The van der Waals surface area contributed by atoms with E-state index in [1.807, 2.05) is 60.7 Å². The van der Waals surface area contributed by atoms with Crippen molar-refractivity contribution in [3.63, 3.8) is 0 Å². The highest BCUT2D eigenvalue weighted by Crippen LogP contribution is 2.39. The lowest BCUT2D eigenvalue weighted by molar-refractivity contribution is -0.140. The van der Waals surface area contributed by atoms with Crippen LogP contribution in [0.15, 0.2) is 65.7 Å². The molecule has 0 spiro atoms. The summed E-state index contributed by atoms with van der Waals surface area (Å²) in [6.07, 6.45) is 0.631. The minimum Gasteiger partial charge on any atom is -0.405 e. The summed E-state index contributed by atoms with van der Waals surface area (Å²) in [6, 6.07) is 19.3. The van der Waals surface area contributed by atoms with Crippen LogP contribution in [0.3, 0.4) is 0 Å². The van der Waals surface area contributed by atoms with Crippen molar-refractivity contribution in [2.75, 3.05) is 0 Å². The van der Waals surface area contributed by atoms with E-state index >= 15 is 0 Å². The third-order valence-electron chi connectivity index (χ3n) is 3.80. The Morgan fingerprint density at radius 2 is 1.59 bits per heavy atom. The van der Waals surface area contributed by atoms with Gasteiger partial charge in [-0.15, -0.1) is 0 Å². The van der Waals surface area contributed by atoms with E-state index in [2.05, 4.69) is 13.8 Å². The van der Waals surface area contributed by atoms with Crippen molar-refractivity contribution in [3.8, 4) is 0 Å². The van der Waals surface area contributed by atoms with Gasteiger partial charge in [-0.05, 0) is 30.0 Å². The van der Waals surface area contributed by atoms with Gasteiger partial charge in [0, 0.05) is 5.56 Å². The minimum absolute atomic E-state index is 0.286. The van der Waals surface area contributed by atoms with Gasteiger partial charge in [-0.25, -0.2) is 9.79 Å². The Balaban J connectivity index is 2.10. The summed E-state index contributed by atoms with van der Waals surface area (Å²) in [6.45, 7) is 4.18. The second-order valence-corrected chi connectivity index (χ2v) is 6.00. The van der Waals surface area contributed by atoms with E-state index in [0.717, 1.165) is 11.1 Å². The van der Waals surface area contributed by atoms with Crippen molar-refractivity contribution in [1.82, 2.24) is 0 Å². The van der Waals surface area contributed by atoms with Gasteiger partial charge in [0.05, 0.1) is 0 Å². The molecule has 3 nitrogen and oxygen atoms in total. The fraction of sp³-hybridized carbons (Fsp3) is 0.263. The highest BCUT2D eigenvalue weighted by atomic mass is 16.6. The molecule has 0 fully saturated rings. The molecule has 1 atom stereocenters. The molecule has 2 aromatic carbocycles. The fourth-order valence-corrected chi connectivity index (χ4v) is 2.85. The maximum atomic E-state index is 12.7. The van der Waals surface area contributed by atoms with Crippen LogP contribution in [0.25, 0.3) is 0 Å². The van der Waals surface area contributed by atoms with Crippen LogP contribution in [0.5, 0.6) is 0 Å². The first kappa shape index (κ1) is 14.5. The van der Waals surface area contributed by atoms with Crippen LogP contribution >= 0.6 is 0 Å². The van der Waals surface area contributed by atoms with Gasteiger partial charge >= 0.3 is 5.97 Å². The van der Waals surface area contributed by atoms with Crippen molar-refractivity contribution in [1.29, 1.82) is 0 Å². The molecule has 1 heterocycles. The second-order valence-electron chi connectivity index (χ2n) is 6.00. The lowest BCUT2D eigenvalue weighted by Crippen LogP contribution is -2.32. The van der Waals surface area contributed by atoms with E-state index in [4.69, 9.17) is 9.73 Å². The highest BCUT2D eigenvalue weighted by Gasteiger charge is 2.47. The number of rotatable bonds is 4. The number of aliphatic imine (C=N–C) groups is 1. The number of nitrogens with zero attached hydrogens (tertiary/aromatic N) is 1. The van der Waals surface area contributed by atoms with Crippen LogP contribution in [0, 0.1) is 5.92 Å². The first-order chi connectivity index (χ1) is 10.6. The van der Waals surface area contributed by atoms with Gasteiger partial charge in [0.25, 0.3) is 0 Å². The van der Waals surface area contributed by atoms with Crippen molar-refractivity contribution in [2.45, 2.75) is 25.8 Å². The highest BCUT2D eigenvalue weighted by molar-refractivity contribution is 6.08. The summed E-state index contributed by atoms with van der Waals surface area (Å²) in [5, 5.41) is 0. The lowest BCUT2D eigenvalue weighted by Gasteiger charge is -2.24. The van der Waals surface area contributed by atoms with Gasteiger partial charge in [0.1, 0.15) is 0 Å². The number of benzene rings is 2. The van der Waals surface area contributed by atoms with E-state index in [9.17, 15) is 4.79 Å². The largest absolute Gasteiger partial charge is 0.405 e. The van der Waals surface area contributed by atoms with Crippen LogP contribution in [0.2, 0.25) is 0 Å². The van der Waals surface area contributed by atoms with Crippen molar-refractivity contribution in [2.24, 2.45) is 10.9 Å². The van der Waals surface area contributed by atoms with Crippen molar-refractivity contribution < 1.29 is 9.53 Å². The maximum absolute atomic E-state index is 12.7. The summed E-state index contributed by atoms with van der Waals surface area (Å²) in [7, 11) is 0. The second kappa shape index (κ2) is 5.76.